The number of rotatable bonds is 5. The molecule has 8 nitrogen and oxygen atoms in total. The van der Waals surface area contributed by atoms with Gasteiger partial charge in [-0.3, -0.25) is 4.79 Å². The van der Waals surface area contributed by atoms with E-state index in [0.717, 1.165) is 16.8 Å². The number of methoxy groups -OCH3 is 3. The number of nitrogens with zero attached hydrogens (tertiary/aromatic N) is 3. The van der Waals surface area contributed by atoms with Gasteiger partial charge in [0.2, 0.25) is 11.7 Å². The Balaban J connectivity index is 1.59. The fourth-order valence-corrected chi connectivity index (χ4v) is 5.25. The molecule has 5 rings (SSSR count). The van der Waals surface area contributed by atoms with Crippen LogP contribution in [0.2, 0.25) is 10.0 Å². The van der Waals surface area contributed by atoms with Crippen LogP contribution in [-0.2, 0) is 4.79 Å². The Morgan fingerprint density at radius 2 is 1.76 bits per heavy atom. The number of ketones is 1. The third-order valence-corrected chi connectivity index (χ3v) is 6.84. The normalized spacial score (nSPS) is 19.3. The summed E-state index contributed by atoms with van der Waals surface area (Å²) in [6.45, 7) is 0. The number of carbonyl (C=O) groups excluding carboxylic acids is 1. The number of aromatic nitrogens is 3. The van der Waals surface area contributed by atoms with Gasteiger partial charge in [0.1, 0.15) is 12.4 Å². The Kier molecular flexibility index (Phi) is 5.87. The average molecular weight is 501 g/mol. The molecule has 0 amide bonds. The highest BCUT2D eigenvalue weighted by Gasteiger charge is 2.40. The number of ether oxygens (including phenoxy) is 3. The van der Waals surface area contributed by atoms with Crippen LogP contribution in [0.4, 0.5) is 5.95 Å². The minimum absolute atomic E-state index is 0.00432. The summed E-state index contributed by atoms with van der Waals surface area (Å²) < 4.78 is 18.2. The number of allylic oxidation sites excluding steroid dienone is 2. The molecule has 2 heterocycles. The van der Waals surface area contributed by atoms with E-state index in [0.29, 0.717) is 51.7 Å². The van der Waals surface area contributed by atoms with Crippen molar-refractivity contribution < 1.29 is 19.0 Å². The molecule has 1 N–H and O–H groups in total. The van der Waals surface area contributed by atoms with E-state index >= 15 is 0 Å². The summed E-state index contributed by atoms with van der Waals surface area (Å²) in [6, 6.07) is 8.55. The second kappa shape index (κ2) is 8.85. The van der Waals surface area contributed by atoms with Crippen molar-refractivity contribution in [1.29, 1.82) is 0 Å². The molecule has 0 bridgehead atoms. The molecular formula is C24H22Cl2N4O4. The van der Waals surface area contributed by atoms with E-state index in [9.17, 15) is 4.79 Å². The zero-order valence-corrected chi connectivity index (χ0v) is 20.3. The Labute approximate surface area is 206 Å². The van der Waals surface area contributed by atoms with Gasteiger partial charge in [-0.05, 0) is 42.2 Å². The number of nitrogens with one attached hydrogen (secondary N) is 1. The molecule has 0 fully saturated rings. The lowest BCUT2D eigenvalue weighted by atomic mass is 9.77. The number of halogens is 2. The molecule has 2 aliphatic rings. The van der Waals surface area contributed by atoms with Crippen LogP contribution >= 0.6 is 23.2 Å². The van der Waals surface area contributed by atoms with Gasteiger partial charge in [-0.1, -0.05) is 29.3 Å². The minimum Gasteiger partial charge on any atom is -0.493 e. The topological polar surface area (TPSA) is 87.5 Å². The smallest absolute Gasteiger partial charge is 0.226 e. The van der Waals surface area contributed by atoms with Crippen LogP contribution in [0, 0.1) is 0 Å². The maximum atomic E-state index is 13.6. The van der Waals surface area contributed by atoms with Crippen molar-refractivity contribution in [2.45, 2.75) is 24.8 Å². The van der Waals surface area contributed by atoms with Crippen molar-refractivity contribution in [2.24, 2.45) is 0 Å². The van der Waals surface area contributed by atoms with Crippen molar-refractivity contribution >= 4 is 34.9 Å². The van der Waals surface area contributed by atoms with Crippen LogP contribution in [0.5, 0.6) is 17.2 Å². The number of anilines is 1. The lowest BCUT2D eigenvalue weighted by Crippen LogP contribution is -2.33. The van der Waals surface area contributed by atoms with E-state index in [1.807, 2.05) is 18.2 Å². The largest absolute Gasteiger partial charge is 0.493 e. The predicted molar refractivity (Wildman–Crippen MR) is 128 cm³/mol. The van der Waals surface area contributed by atoms with Crippen LogP contribution in [0.3, 0.4) is 0 Å². The molecule has 1 aliphatic heterocycles. The van der Waals surface area contributed by atoms with Crippen molar-refractivity contribution in [1.82, 2.24) is 14.8 Å². The highest BCUT2D eigenvalue weighted by Crippen LogP contribution is 2.47. The van der Waals surface area contributed by atoms with Gasteiger partial charge >= 0.3 is 0 Å². The minimum atomic E-state index is -0.494. The second-order valence-corrected chi connectivity index (χ2v) is 8.94. The number of fused-ring (bicyclic) bond motifs is 1. The molecule has 1 aliphatic carbocycles. The summed E-state index contributed by atoms with van der Waals surface area (Å²) in [5.41, 5.74) is 3.09. The predicted octanol–water partition coefficient (Wildman–Crippen LogP) is 5.03. The molecule has 176 valence electrons. The van der Waals surface area contributed by atoms with Gasteiger partial charge in [-0.15, -0.1) is 0 Å². The van der Waals surface area contributed by atoms with Crippen LogP contribution in [-0.4, -0.2) is 41.9 Å². The molecule has 1 aromatic heterocycles. The summed E-state index contributed by atoms with van der Waals surface area (Å²) in [7, 11) is 4.71. The molecule has 0 spiro atoms. The highest BCUT2D eigenvalue weighted by atomic mass is 35.5. The Morgan fingerprint density at radius 1 is 1.03 bits per heavy atom. The zero-order valence-electron chi connectivity index (χ0n) is 18.8. The molecular weight excluding hydrogens is 479 g/mol. The molecule has 0 saturated heterocycles. The third-order valence-electron chi connectivity index (χ3n) is 6.28. The molecule has 10 heteroatoms. The number of hydrogen-bond donors (Lipinski definition) is 1. The van der Waals surface area contributed by atoms with Crippen LogP contribution in [0.1, 0.15) is 35.9 Å². The number of carbonyl (C=O) groups is 1. The molecule has 0 unspecified atom stereocenters. The lowest BCUT2D eigenvalue weighted by Gasteiger charge is -2.35. The van der Waals surface area contributed by atoms with Gasteiger partial charge in [0.05, 0.1) is 21.3 Å². The first-order valence-corrected chi connectivity index (χ1v) is 11.4. The Bertz CT molecular complexity index is 1300. The van der Waals surface area contributed by atoms with Crippen LogP contribution in [0.15, 0.2) is 47.9 Å². The van der Waals surface area contributed by atoms with Crippen LogP contribution in [0.25, 0.3) is 0 Å². The van der Waals surface area contributed by atoms with Crippen molar-refractivity contribution in [3.8, 4) is 17.2 Å². The highest BCUT2D eigenvalue weighted by molar-refractivity contribution is 6.35. The summed E-state index contributed by atoms with van der Waals surface area (Å²) in [6.07, 6.45) is 2.36. The summed E-state index contributed by atoms with van der Waals surface area (Å²) in [4.78, 5) is 18.0. The monoisotopic (exact) mass is 500 g/mol. The number of hydrogen-bond acceptors (Lipinski definition) is 7. The Morgan fingerprint density at radius 3 is 2.41 bits per heavy atom. The quantitative estimate of drug-likeness (QED) is 0.525. The van der Waals surface area contributed by atoms with E-state index in [-0.39, 0.29) is 11.7 Å². The first-order valence-electron chi connectivity index (χ1n) is 10.6. The van der Waals surface area contributed by atoms with Gasteiger partial charge in [0.15, 0.2) is 17.3 Å². The van der Waals surface area contributed by atoms with E-state index < -0.39 is 6.04 Å². The van der Waals surface area contributed by atoms with Gasteiger partial charge in [-0.25, -0.2) is 4.68 Å². The van der Waals surface area contributed by atoms with E-state index in [1.165, 1.54) is 6.33 Å². The average Bonchev–Trinajstić information content (AvgIpc) is 3.30. The summed E-state index contributed by atoms with van der Waals surface area (Å²) in [5, 5.41) is 8.66. The summed E-state index contributed by atoms with van der Waals surface area (Å²) in [5.74, 6) is 2.07. The SMILES string of the molecule is COc1cc([C@H]2CC(=O)C3=C(C2)Nc2ncnn2[C@@H]3c2ccc(Cl)cc2Cl)cc(OC)c1OC. The third kappa shape index (κ3) is 3.67. The first-order chi connectivity index (χ1) is 16.4. The molecule has 2 atom stereocenters. The Hall–Kier alpha value is -3.23. The van der Waals surface area contributed by atoms with Gasteiger partial charge in [0.25, 0.3) is 0 Å². The maximum Gasteiger partial charge on any atom is 0.226 e. The van der Waals surface area contributed by atoms with E-state index in [4.69, 9.17) is 37.4 Å². The van der Waals surface area contributed by atoms with Gasteiger partial charge in [-0.2, -0.15) is 10.1 Å². The van der Waals surface area contributed by atoms with Gasteiger partial charge in [0, 0.05) is 33.3 Å². The fourth-order valence-electron chi connectivity index (χ4n) is 4.74. The van der Waals surface area contributed by atoms with Crippen molar-refractivity contribution in [3.05, 3.63) is 69.1 Å². The zero-order chi connectivity index (χ0) is 24.0. The molecule has 0 radical (unpaired) electrons. The van der Waals surface area contributed by atoms with E-state index in [2.05, 4.69) is 15.4 Å². The molecule has 2 aromatic carbocycles. The standard InChI is InChI=1S/C24H22Cl2N4O4/c1-32-19-8-13(9-20(33-2)23(19)34-3)12-6-17-21(18(31)7-12)22(30-24(29-17)27-11-28-30)15-5-4-14(25)10-16(15)26/h4-5,8-12,22H,6-7H2,1-3H3,(H,27,28,29)/t12-,22-/m1/s1. The first kappa shape index (κ1) is 22.6. The van der Waals surface area contributed by atoms with E-state index in [1.54, 1.807) is 38.1 Å². The fraction of sp³-hybridized carbons (Fsp3) is 0.292. The second-order valence-electron chi connectivity index (χ2n) is 8.10. The van der Waals surface area contributed by atoms with Gasteiger partial charge < -0.3 is 19.5 Å². The lowest BCUT2D eigenvalue weighted by molar-refractivity contribution is -0.116. The van der Waals surface area contributed by atoms with Crippen molar-refractivity contribution in [2.75, 3.05) is 26.6 Å². The van der Waals surface area contributed by atoms with Crippen molar-refractivity contribution in [3.63, 3.8) is 0 Å². The molecule has 0 saturated carbocycles. The summed E-state index contributed by atoms with van der Waals surface area (Å²) >= 11 is 12.7. The molecule has 3 aromatic rings. The maximum absolute atomic E-state index is 13.6. The number of benzene rings is 2. The number of Topliss-reactive ketones (excluding diaryl/α,β-unsaturated/α-hetero) is 1. The molecule has 34 heavy (non-hydrogen) atoms. The van der Waals surface area contributed by atoms with Crippen LogP contribution < -0.4 is 19.5 Å².